The van der Waals surface area contributed by atoms with Gasteiger partial charge in [0.1, 0.15) is 11.6 Å². The molecule has 0 saturated heterocycles. The van der Waals surface area contributed by atoms with Gasteiger partial charge in [-0.25, -0.2) is 14.6 Å². The molecule has 19 heavy (non-hydrogen) atoms. The molecule has 0 spiro atoms. The molecule has 102 valence electrons. The lowest BCUT2D eigenvalue weighted by Crippen LogP contribution is -2.06. The number of hydrogen-bond acceptors (Lipinski definition) is 4. The summed E-state index contributed by atoms with van der Waals surface area (Å²) >= 11 is 0. The number of pyridine rings is 1. The third-order valence-corrected chi connectivity index (χ3v) is 2.89. The van der Waals surface area contributed by atoms with Crippen LogP contribution in [-0.2, 0) is 12.8 Å². The van der Waals surface area contributed by atoms with E-state index in [9.17, 15) is 0 Å². The molecule has 0 aromatic carbocycles. The van der Waals surface area contributed by atoms with Crippen molar-refractivity contribution in [2.24, 2.45) is 0 Å². The Labute approximate surface area is 114 Å². The first kappa shape index (κ1) is 13.5. The van der Waals surface area contributed by atoms with Gasteiger partial charge in [-0.3, -0.25) is 0 Å². The van der Waals surface area contributed by atoms with Crippen LogP contribution in [-0.4, -0.2) is 26.3 Å². The van der Waals surface area contributed by atoms with Gasteiger partial charge in [0.2, 0.25) is 0 Å². The number of anilines is 1. The molecule has 2 rings (SSSR count). The maximum atomic E-state index is 4.54. The summed E-state index contributed by atoms with van der Waals surface area (Å²) in [6, 6.07) is 3.98. The van der Waals surface area contributed by atoms with Gasteiger partial charge in [0, 0.05) is 31.6 Å². The summed E-state index contributed by atoms with van der Waals surface area (Å²) < 4.78 is 1.91. The highest BCUT2D eigenvalue weighted by atomic mass is 15.4. The molecule has 0 fully saturated rings. The molecule has 0 aliphatic carbocycles. The normalized spacial score (nSPS) is 10.7. The molecule has 2 aromatic rings. The van der Waals surface area contributed by atoms with Gasteiger partial charge in [-0.15, -0.1) is 0 Å². The zero-order valence-corrected chi connectivity index (χ0v) is 11.8. The van der Waals surface area contributed by atoms with Crippen molar-refractivity contribution in [1.29, 1.82) is 0 Å². The van der Waals surface area contributed by atoms with Crippen LogP contribution in [0.25, 0.3) is 5.69 Å². The highest BCUT2D eigenvalue weighted by molar-refractivity contribution is 5.44. The van der Waals surface area contributed by atoms with E-state index in [0.29, 0.717) is 0 Å². The number of aromatic nitrogens is 4. The van der Waals surface area contributed by atoms with Crippen LogP contribution in [0.5, 0.6) is 0 Å². The maximum absolute atomic E-state index is 4.54. The molecule has 0 unspecified atom stereocenters. The molecule has 0 aliphatic heterocycles. The van der Waals surface area contributed by atoms with E-state index in [2.05, 4.69) is 41.2 Å². The summed E-state index contributed by atoms with van der Waals surface area (Å²) in [6.07, 6.45) is 4.61. The van der Waals surface area contributed by atoms with Crippen molar-refractivity contribution in [3.05, 3.63) is 30.0 Å². The van der Waals surface area contributed by atoms with Crippen LogP contribution in [0.1, 0.15) is 38.8 Å². The molecule has 0 atom stereocenters. The predicted octanol–water partition coefficient (Wildman–Crippen LogP) is 2.61. The van der Waals surface area contributed by atoms with Crippen LogP contribution in [0.2, 0.25) is 0 Å². The minimum atomic E-state index is 0.853. The first-order valence-electron chi connectivity index (χ1n) is 6.93. The molecule has 0 radical (unpaired) electrons. The summed E-state index contributed by atoms with van der Waals surface area (Å²) in [6.45, 7) is 7.23. The van der Waals surface area contributed by atoms with Gasteiger partial charge >= 0.3 is 0 Å². The summed E-state index contributed by atoms with van der Waals surface area (Å²) in [5.41, 5.74) is 1.01. The maximum Gasteiger partial charge on any atom is 0.151 e. The van der Waals surface area contributed by atoms with E-state index in [4.69, 9.17) is 0 Å². The van der Waals surface area contributed by atoms with E-state index in [1.807, 2.05) is 16.8 Å². The number of rotatable bonds is 6. The fraction of sp³-hybridized carbons (Fsp3) is 0.500. The fourth-order valence-corrected chi connectivity index (χ4v) is 1.88. The fourth-order valence-electron chi connectivity index (χ4n) is 1.88. The van der Waals surface area contributed by atoms with Gasteiger partial charge in [0.25, 0.3) is 0 Å². The van der Waals surface area contributed by atoms with Crippen molar-refractivity contribution >= 4 is 5.82 Å². The Morgan fingerprint density at radius 1 is 1.21 bits per heavy atom. The molecular weight excluding hydrogens is 238 g/mol. The Hall–Kier alpha value is -1.91. The van der Waals surface area contributed by atoms with Gasteiger partial charge < -0.3 is 5.32 Å². The average molecular weight is 259 g/mol. The number of nitrogens with zero attached hydrogens (tertiary/aromatic N) is 4. The molecule has 1 N–H and O–H groups in total. The van der Waals surface area contributed by atoms with E-state index >= 15 is 0 Å². The van der Waals surface area contributed by atoms with Gasteiger partial charge in [0.15, 0.2) is 5.82 Å². The largest absolute Gasteiger partial charge is 0.370 e. The van der Waals surface area contributed by atoms with Crippen LogP contribution in [0.3, 0.4) is 0 Å². The van der Waals surface area contributed by atoms with Crippen molar-refractivity contribution in [3.8, 4) is 5.69 Å². The first-order chi connectivity index (χ1) is 9.28. The van der Waals surface area contributed by atoms with E-state index < -0.39 is 0 Å². The standard InChI is InChI=1S/C14H21N5/c1-4-8-15-13-10-11(7-9-16-13)19-14(6-3)17-12(5-2)18-19/h7,9-10H,4-6,8H2,1-3H3,(H,15,16). The van der Waals surface area contributed by atoms with Crippen molar-refractivity contribution in [2.45, 2.75) is 40.0 Å². The lowest BCUT2D eigenvalue weighted by Gasteiger charge is -2.07. The minimum absolute atomic E-state index is 0.853. The summed E-state index contributed by atoms with van der Waals surface area (Å²) in [4.78, 5) is 8.84. The Morgan fingerprint density at radius 3 is 2.74 bits per heavy atom. The molecule has 0 saturated carbocycles. The smallest absolute Gasteiger partial charge is 0.151 e. The Bertz CT molecular complexity index is 532. The van der Waals surface area contributed by atoms with E-state index in [-0.39, 0.29) is 0 Å². The quantitative estimate of drug-likeness (QED) is 0.866. The van der Waals surface area contributed by atoms with Crippen LogP contribution in [0.15, 0.2) is 18.3 Å². The first-order valence-corrected chi connectivity index (χ1v) is 6.93. The highest BCUT2D eigenvalue weighted by Crippen LogP contribution is 2.14. The van der Waals surface area contributed by atoms with Gasteiger partial charge in [-0.1, -0.05) is 20.8 Å². The lowest BCUT2D eigenvalue weighted by atomic mass is 10.3. The number of hydrogen-bond donors (Lipinski definition) is 1. The summed E-state index contributed by atoms with van der Waals surface area (Å²) in [5, 5.41) is 7.83. The van der Waals surface area contributed by atoms with Crippen LogP contribution < -0.4 is 5.32 Å². The molecule has 5 heteroatoms. The van der Waals surface area contributed by atoms with Gasteiger partial charge in [-0.2, -0.15) is 5.10 Å². The molecule has 2 heterocycles. The monoisotopic (exact) mass is 259 g/mol. The SMILES string of the molecule is CCCNc1cc(-n2nc(CC)nc2CC)ccn1. The van der Waals surface area contributed by atoms with Crippen molar-refractivity contribution in [3.63, 3.8) is 0 Å². The summed E-state index contributed by atoms with van der Waals surface area (Å²) in [5.74, 6) is 2.76. The highest BCUT2D eigenvalue weighted by Gasteiger charge is 2.09. The second-order valence-electron chi connectivity index (χ2n) is 4.39. The second kappa shape index (κ2) is 6.31. The zero-order valence-electron chi connectivity index (χ0n) is 11.8. The Balaban J connectivity index is 2.32. The molecule has 0 aliphatic rings. The van der Waals surface area contributed by atoms with Crippen LogP contribution in [0, 0.1) is 0 Å². The minimum Gasteiger partial charge on any atom is -0.370 e. The molecule has 5 nitrogen and oxygen atoms in total. The van der Waals surface area contributed by atoms with Crippen molar-refractivity contribution < 1.29 is 0 Å². The predicted molar refractivity (Wildman–Crippen MR) is 76.7 cm³/mol. The van der Waals surface area contributed by atoms with Crippen LogP contribution >= 0.6 is 0 Å². The lowest BCUT2D eigenvalue weighted by molar-refractivity contribution is 0.789. The van der Waals surface area contributed by atoms with Crippen LogP contribution in [0.4, 0.5) is 5.82 Å². The van der Waals surface area contributed by atoms with Crippen molar-refractivity contribution in [1.82, 2.24) is 19.7 Å². The van der Waals surface area contributed by atoms with Gasteiger partial charge in [0.05, 0.1) is 5.69 Å². The number of nitrogens with one attached hydrogen (secondary N) is 1. The third kappa shape index (κ3) is 3.10. The van der Waals surface area contributed by atoms with E-state index in [1.54, 1.807) is 6.20 Å². The van der Waals surface area contributed by atoms with Gasteiger partial charge in [-0.05, 0) is 12.5 Å². The van der Waals surface area contributed by atoms with Crippen molar-refractivity contribution in [2.75, 3.05) is 11.9 Å². The Kier molecular flexibility index (Phi) is 4.49. The molecular formula is C14H21N5. The summed E-state index contributed by atoms with van der Waals surface area (Å²) in [7, 11) is 0. The second-order valence-corrected chi connectivity index (χ2v) is 4.39. The molecule has 2 aromatic heterocycles. The molecule has 0 bridgehead atoms. The van der Waals surface area contributed by atoms with E-state index in [1.165, 1.54) is 0 Å². The third-order valence-electron chi connectivity index (χ3n) is 2.89. The average Bonchev–Trinajstić information content (AvgIpc) is 2.89. The zero-order chi connectivity index (χ0) is 13.7. The van der Waals surface area contributed by atoms with E-state index in [0.717, 1.165) is 49.0 Å². The topological polar surface area (TPSA) is 55.6 Å². The number of aryl methyl sites for hydroxylation is 2. The Morgan fingerprint density at radius 2 is 2.05 bits per heavy atom. The molecule has 0 amide bonds.